The summed E-state index contributed by atoms with van der Waals surface area (Å²) in [5, 5.41) is 9.72. The topological polar surface area (TPSA) is 89.1 Å². The van der Waals surface area contributed by atoms with Crippen molar-refractivity contribution in [2.75, 3.05) is 13.7 Å². The number of nitrogens with zero attached hydrogens (tertiary/aromatic N) is 4. The van der Waals surface area contributed by atoms with Crippen LogP contribution in [0.3, 0.4) is 0 Å². The van der Waals surface area contributed by atoms with Gasteiger partial charge in [0.2, 0.25) is 0 Å². The first-order valence-electron chi connectivity index (χ1n) is 11.4. The molecule has 186 valence electrons. The third-order valence-electron chi connectivity index (χ3n) is 5.53. The molecule has 9 heteroatoms. The molecule has 1 heterocycles. The minimum absolute atomic E-state index is 0.113. The fourth-order valence-electron chi connectivity index (χ4n) is 3.56. The van der Waals surface area contributed by atoms with E-state index in [-0.39, 0.29) is 30.9 Å². The molecule has 0 radical (unpaired) electrons. The number of ether oxygens (including phenoxy) is 1. The molecule has 0 amide bonds. The maximum atomic E-state index is 12.8. The van der Waals surface area contributed by atoms with Gasteiger partial charge in [0.15, 0.2) is 0 Å². The first-order chi connectivity index (χ1) is 16.7. The molecule has 0 aliphatic heterocycles. The van der Waals surface area contributed by atoms with Gasteiger partial charge in [0, 0.05) is 44.9 Å². The molecule has 0 saturated carbocycles. The highest BCUT2D eigenvalue weighted by Crippen LogP contribution is 2.27. The number of hydrogen-bond donors (Lipinski definition) is 1. The van der Waals surface area contributed by atoms with Crippen molar-refractivity contribution in [2.45, 2.75) is 39.3 Å². The van der Waals surface area contributed by atoms with Gasteiger partial charge in [0.25, 0.3) is 11.6 Å². The number of aliphatic imine (C=N–C) groups is 1. The highest BCUT2D eigenvalue weighted by Gasteiger charge is 2.17. The molecule has 8 nitrogen and oxygen atoms in total. The lowest BCUT2D eigenvalue weighted by molar-refractivity contribution is 0.277. The van der Waals surface area contributed by atoms with Gasteiger partial charge in [-0.1, -0.05) is 55.8 Å². The molecular formula is C26H31ClN4O4. The molecule has 0 saturated heterocycles. The number of aromatic nitrogens is 2. The number of halogens is 1. The van der Waals surface area contributed by atoms with Gasteiger partial charge in [-0.2, -0.15) is 4.99 Å². The normalized spacial score (nSPS) is 11.7. The summed E-state index contributed by atoms with van der Waals surface area (Å²) in [5.41, 5.74) is 1.00. The highest BCUT2D eigenvalue weighted by molar-refractivity contribution is 6.30. The Balaban J connectivity index is 2.06. The van der Waals surface area contributed by atoms with E-state index in [1.54, 1.807) is 7.05 Å². The Labute approximate surface area is 209 Å². The minimum atomic E-state index is -0.507. The third kappa shape index (κ3) is 6.61. The van der Waals surface area contributed by atoms with E-state index >= 15 is 0 Å². The Hall–Kier alpha value is -3.36. The van der Waals surface area contributed by atoms with Crippen molar-refractivity contribution >= 4 is 23.4 Å². The van der Waals surface area contributed by atoms with Gasteiger partial charge < -0.3 is 14.7 Å². The lowest BCUT2D eigenvalue weighted by Gasteiger charge is -2.23. The molecule has 0 aliphatic rings. The molecule has 1 aromatic heterocycles. The second-order valence-corrected chi connectivity index (χ2v) is 9.02. The van der Waals surface area contributed by atoms with E-state index in [4.69, 9.17) is 21.4 Å². The van der Waals surface area contributed by atoms with Gasteiger partial charge in [-0.05, 0) is 41.7 Å². The predicted octanol–water partition coefficient (Wildman–Crippen LogP) is 3.90. The van der Waals surface area contributed by atoms with Crippen LogP contribution in [0, 0.1) is 0 Å². The van der Waals surface area contributed by atoms with Crippen LogP contribution in [0.15, 0.2) is 69.2 Å². The number of aliphatic hydroxyl groups excluding tert-OH is 1. The summed E-state index contributed by atoms with van der Waals surface area (Å²) in [5.74, 6) is 1.03. The van der Waals surface area contributed by atoms with Crippen molar-refractivity contribution in [2.24, 2.45) is 12.0 Å². The molecule has 0 aliphatic carbocycles. The molecule has 0 atom stereocenters. The number of aliphatic hydroxyl groups is 1. The van der Waals surface area contributed by atoms with Gasteiger partial charge >= 0.3 is 5.69 Å². The van der Waals surface area contributed by atoms with Crippen LogP contribution < -0.4 is 16.0 Å². The van der Waals surface area contributed by atoms with Crippen molar-refractivity contribution in [1.82, 2.24) is 14.0 Å². The van der Waals surface area contributed by atoms with E-state index in [1.807, 2.05) is 60.5 Å². The van der Waals surface area contributed by atoms with Crippen molar-refractivity contribution in [1.29, 1.82) is 0 Å². The summed E-state index contributed by atoms with van der Waals surface area (Å²) in [6.45, 7) is 4.63. The lowest BCUT2D eigenvalue weighted by Crippen LogP contribution is -2.39. The largest absolute Gasteiger partial charge is 0.425 e. The first kappa shape index (κ1) is 26.2. The second kappa shape index (κ2) is 11.9. The van der Waals surface area contributed by atoms with Crippen molar-refractivity contribution < 1.29 is 9.84 Å². The number of rotatable bonds is 8. The molecule has 0 fully saturated rings. The van der Waals surface area contributed by atoms with E-state index < -0.39 is 11.2 Å². The summed E-state index contributed by atoms with van der Waals surface area (Å²) >= 11 is 6.02. The molecule has 0 spiro atoms. The van der Waals surface area contributed by atoms with E-state index in [0.717, 1.165) is 15.7 Å². The fraction of sp³-hybridized carbons (Fsp3) is 0.346. The third-order valence-corrected chi connectivity index (χ3v) is 5.78. The monoisotopic (exact) mass is 498 g/mol. The van der Waals surface area contributed by atoms with Gasteiger partial charge in [-0.25, -0.2) is 4.79 Å². The average Bonchev–Trinajstić information content (AvgIpc) is 2.83. The zero-order valence-corrected chi connectivity index (χ0v) is 21.2. The van der Waals surface area contributed by atoms with Gasteiger partial charge in [-0.3, -0.25) is 13.9 Å². The first-order valence-corrected chi connectivity index (χ1v) is 11.8. The van der Waals surface area contributed by atoms with Crippen LogP contribution in [0.25, 0.3) is 0 Å². The Kier molecular flexibility index (Phi) is 8.89. The second-order valence-electron chi connectivity index (χ2n) is 8.58. The fourth-order valence-corrected chi connectivity index (χ4v) is 3.69. The van der Waals surface area contributed by atoms with Crippen molar-refractivity contribution in [3.8, 4) is 5.75 Å². The van der Waals surface area contributed by atoms with Crippen LogP contribution in [0.2, 0.25) is 5.02 Å². The summed E-state index contributed by atoms with van der Waals surface area (Å²) in [4.78, 5) is 31.8. The molecule has 0 unspecified atom stereocenters. The molecule has 3 rings (SSSR count). The summed E-state index contributed by atoms with van der Waals surface area (Å²) in [6.07, 6.45) is 0.307. The molecule has 0 bridgehead atoms. The maximum absolute atomic E-state index is 12.8. The number of benzene rings is 2. The zero-order chi connectivity index (χ0) is 25.5. The molecule has 2 aromatic carbocycles. The smallest absolute Gasteiger partial charge is 0.332 e. The maximum Gasteiger partial charge on any atom is 0.332 e. The van der Waals surface area contributed by atoms with Crippen LogP contribution in [-0.4, -0.2) is 38.8 Å². The van der Waals surface area contributed by atoms with Gasteiger partial charge in [0.1, 0.15) is 11.6 Å². The lowest BCUT2D eigenvalue weighted by atomic mass is 10.0. The van der Waals surface area contributed by atoms with Gasteiger partial charge in [0.05, 0.1) is 0 Å². The average molecular weight is 499 g/mol. The van der Waals surface area contributed by atoms with Crippen LogP contribution in [0.5, 0.6) is 5.75 Å². The quantitative estimate of drug-likeness (QED) is 0.376. The number of amidine groups is 1. The Morgan fingerprint density at radius 2 is 1.83 bits per heavy atom. The number of para-hydroxylation sites is 1. The van der Waals surface area contributed by atoms with Crippen molar-refractivity contribution in [3.63, 3.8) is 0 Å². The Morgan fingerprint density at radius 3 is 2.49 bits per heavy atom. The SMILES string of the molecule is CC(C)c1ccccc1OC(=Nc1cc(=O)n(CCCO)c(=O)n1C)N(C)Cc1ccc(Cl)cc1. The van der Waals surface area contributed by atoms with E-state index in [0.29, 0.717) is 23.7 Å². The van der Waals surface area contributed by atoms with Crippen molar-refractivity contribution in [3.05, 3.63) is 91.6 Å². The van der Waals surface area contributed by atoms with Crippen LogP contribution >= 0.6 is 11.6 Å². The van der Waals surface area contributed by atoms with Gasteiger partial charge in [-0.15, -0.1) is 0 Å². The van der Waals surface area contributed by atoms with Crippen LogP contribution in [0.1, 0.15) is 37.3 Å². The van der Waals surface area contributed by atoms with Crippen LogP contribution in [-0.2, 0) is 20.1 Å². The summed E-state index contributed by atoms with van der Waals surface area (Å²) < 4.78 is 8.67. The minimum Gasteiger partial charge on any atom is -0.425 e. The molecule has 1 N–H and O–H groups in total. The van der Waals surface area contributed by atoms with E-state index in [1.165, 1.54) is 10.6 Å². The highest BCUT2D eigenvalue weighted by atomic mass is 35.5. The molecular weight excluding hydrogens is 468 g/mol. The zero-order valence-electron chi connectivity index (χ0n) is 20.4. The van der Waals surface area contributed by atoms with E-state index in [9.17, 15) is 9.59 Å². The predicted molar refractivity (Wildman–Crippen MR) is 139 cm³/mol. The van der Waals surface area contributed by atoms with E-state index in [2.05, 4.69) is 18.8 Å². The molecule has 3 aromatic rings. The molecule has 35 heavy (non-hydrogen) atoms. The number of hydrogen-bond acceptors (Lipinski definition) is 5. The standard InChI is InChI=1S/C26H31ClN4O4/c1-18(2)21-8-5-6-9-22(21)35-25(29(3)17-19-10-12-20(27)13-11-19)28-23-16-24(33)31(14-7-15-32)26(34)30(23)4/h5-6,8-13,16,18,32H,7,14-15,17H2,1-4H3. The summed E-state index contributed by atoms with van der Waals surface area (Å²) in [6, 6.07) is 16.7. The summed E-state index contributed by atoms with van der Waals surface area (Å²) in [7, 11) is 3.38. The Bertz CT molecular complexity index is 1300. The Morgan fingerprint density at radius 1 is 1.14 bits per heavy atom. The van der Waals surface area contributed by atoms with Crippen LogP contribution in [0.4, 0.5) is 5.82 Å².